The molecule has 0 saturated carbocycles. The van der Waals surface area contributed by atoms with Gasteiger partial charge in [-0.05, 0) is 30.2 Å². The largest absolute Gasteiger partial charge is 0.492 e. The van der Waals surface area contributed by atoms with Crippen LogP contribution < -0.4 is 15.4 Å². The molecule has 0 radical (unpaired) electrons. The zero-order valence-electron chi connectivity index (χ0n) is 15.4. The topological polar surface area (TPSA) is 79.8 Å². The van der Waals surface area contributed by atoms with Crippen LogP contribution in [0, 0.1) is 5.92 Å². The van der Waals surface area contributed by atoms with E-state index in [1.807, 2.05) is 0 Å². The first-order chi connectivity index (χ1) is 11.4. The van der Waals surface area contributed by atoms with Crippen molar-refractivity contribution >= 4 is 39.8 Å². The number of aliphatic imine (C=N–C) groups is 1. The molecule has 0 amide bonds. The molecule has 1 rings (SSSR count). The molecule has 0 aliphatic heterocycles. The second-order valence-corrected chi connectivity index (χ2v) is 7.67. The number of benzene rings is 1. The summed E-state index contributed by atoms with van der Waals surface area (Å²) < 4.78 is 28.4. The molecule has 0 fully saturated rings. The average Bonchev–Trinajstić information content (AvgIpc) is 2.57. The molecule has 25 heavy (non-hydrogen) atoms. The second kappa shape index (κ2) is 12.3. The molecule has 0 aliphatic rings. The Morgan fingerprint density at radius 3 is 2.24 bits per heavy atom. The Labute approximate surface area is 168 Å². The minimum absolute atomic E-state index is 0. The third-order valence-electron chi connectivity index (χ3n) is 3.85. The van der Waals surface area contributed by atoms with E-state index in [1.165, 1.54) is 6.26 Å². The lowest BCUT2D eigenvalue weighted by Crippen LogP contribution is -2.41. The van der Waals surface area contributed by atoms with Crippen LogP contribution in [0.5, 0.6) is 5.75 Å². The van der Waals surface area contributed by atoms with Gasteiger partial charge in [0.25, 0.3) is 0 Å². The number of guanidine groups is 1. The van der Waals surface area contributed by atoms with Crippen LogP contribution in [0.25, 0.3) is 0 Å². The molecule has 0 aliphatic carbocycles. The molecule has 0 heterocycles. The van der Waals surface area contributed by atoms with E-state index in [-0.39, 0.29) is 24.0 Å². The molecule has 0 unspecified atom stereocenters. The Morgan fingerprint density at radius 1 is 1.16 bits per heavy atom. The SMILES string of the molecule is CCC(CC)CNC(=NC)NCCOc1ccc(S(C)(=O)=O)cc1.I. The summed E-state index contributed by atoms with van der Waals surface area (Å²) in [6.07, 6.45) is 3.48. The number of hydrogen-bond donors (Lipinski definition) is 2. The van der Waals surface area contributed by atoms with Crippen LogP contribution in [0.3, 0.4) is 0 Å². The van der Waals surface area contributed by atoms with Crippen molar-refractivity contribution in [2.45, 2.75) is 31.6 Å². The van der Waals surface area contributed by atoms with Gasteiger partial charge in [-0.1, -0.05) is 26.7 Å². The van der Waals surface area contributed by atoms with Crippen LogP contribution >= 0.6 is 24.0 Å². The van der Waals surface area contributed by atoms with Gasteiger partial charge in [0.2, 0.25) is 0 Å². The van der Waals surface area contributed by atoms with E-state index in [2.05, 4.69) is 29.5 Å². The van der Waals surface area contributed by atoms with E-state index in [0.717, 1.165) is 25.3 Å². The molecule has 0 aromatic heterocycles. The van der Waals surface area contributed by atoms with E-state index in [1.54, 1.807) is 31.3 Å². The van der Waals surface area contributed by atoms with Crippen LogP contribution in [-0.4, -0.2) is 47.4 Å². The van der Waals surface area contributed by atoms with Crippen LogP contribution in [0.15, 0.2) is 34.2 Å². The third kappa shape index (κ3) is 9.29. The lowest BCUT2D eigenvalue weighted by molar-refractivity contribution is 0.321. The number of halogens is 1. The number of nitrogens with one attached hydrogen (secondary N) is 2. The quantitative estimate of drug-likeness (QED) is 0.245. The second-order valence-electron chi connectivity index (χ2n) is 5.65. The predicted molar refractivity (Wildman–Crippen MR) is 114 cm³/mol. The van der Waals surface area contributed by atoms with Gasteiger partial charge in [-0.3, -0.25) is 4.99 Å². The van der Waals surface area contributed by atoms with Gasteiger partial charge < -0.3 is 15.4 Å². The van der Waals surface area contributed by atoms with Crippen molar-refractivity contribution in [3.05, 3.63) is 24.3 Å². The van der Waals surface area contributed by atoms with Crippen molar-refractivity contribution in [1.82, 2.24) is 10.6 Å². The number of rotatable bonds is 9. The summed E-state index contributed by atoms with van der Waals surface area (Å²) in [7, 11) is -1.43. The van der Waals surface area contributed by atoms with Crippen molar-refractivity contribution in [2.24, 2.45) is 10.9 Å². The Bertz CT molecular complexity index is 615. The maximum Gasteiger partial charge on any atom is 0.191 e. The van der Waals surface area contributed by atoms with Crippen molar-refractivity contribution in [1.29, 1.82) is 0 Å². The molecular formula is C17H30IN3O3S. The monoisotopic (exact) mass is 483 g/mol. The third-order valence-corrected chi connectivity index (χ3v) is 4.98. The molecule has 0 saturated heterocycles. The number of sulfone groups is 1. The molecule has 2 N–H and O–H groups in total. The number of hydrogen-bond acceptors (Lipinski definition) is 4. The van der Waals surface area contributed by atoms with Crippen molar-refractivity contribution in [3.63, 3.8) is 0 Å². The molecule has 6 nitrogen and oxygen atoms in total. The van der Waals surface area contributed by atoms with Crippen LogP contribution in [0.4, 0.5) is 0 Å². The van der Waals surface area contributed by atoms with Crippen molar-refractivity contribution in [2.75, 3.05) is 33.0 Å². The Morgan fingerprint density at radius 2 is 1.76 bits per heavy atom. The molecule has 0 spiro atoms. The van der Waals surface area contributed by atoms with Gasteiger partial charge >= 0.3 is 0 Å². The highest BCUT2D eigenvalue weighted by atomic mass is 127. The van der Waals surface area contributed by atoms with Crippen LogP contribution in [-0.2, 0) is 9.84 Å². The lowest BCUT2D eigenvalue weighted by Gasteiger charge is -2.16. The molecular weight excluding hydrogens is 453 g/mol. The average molecular weight is 483 g/mol. The van der Waals surface area contributed by atoms with Gasteiger partial charge in [-0.25, -0.2) is 8.42 Å². The fourth-order valence-corrected chi connectivity index (χ4v) is 2.79. The summed E-state index contributed by atoms with van der Waals surface area (Å²) in [5, 5.41) is 6.51. The van der Waals surface area contributed by atoms with E-state index in [0.29, 0.717) is 29.7 Å². The summed E-state index contributed by atoms with van der Waals surface area (Å²) in [6.45, 7) is 6.35. The summed E-state index contributed by atoms with van der Waals surface area (Å²) in [5.74, 6) is 2.05. The van der Waals surface area contributed by atoms with Crippen LogP contribution in [0.2, 0.25) is 0 Å². The first-order valence-electron chi connectivity index (χ1n) is 8.28. The van der Waals surface area contributed by atoms with E-state index in [4.69, 9.17) is 4.74 Å². The lowest BCUT2D eigenvalue weighted by atomic mass is 10.0. The smallest absolute Gasteiger partial charge is 0.191 e. The normalized spacial score (nSPS) is 11.8. The zero-order chi connectivity index (χ0) is 18.0. The Hall–Kier alpha value is -1.03. The van der Waals surface area contributed by atoms with Crippen molar-refractivity contribution < 1.29 is 13.2 Å². The summed E-state index contributed by atoms with van der Waals surface area (Å²) in [5.41, 5.74) is 0. The predicted octanol–water partition coefficient (Wildman–Crippen LogP) is 2.69. The van der Waals surface area contributed by atoms with Gasteiger partial charge in [0.1, 0.15) is 12.4 Å². The minimum Gasteiger partial charge on any atom is -0.492 e. The van der Waals surface area contributed by atoms with E-state index in [9.17, 15) is 8.42 Å². The first kappa shape index (κ1) is 24.0. The van der Waals surface area contributed by atoms with E-state index >= 15 is 0 Å². The first-order valence-corrected chi connectivity index (χ1v) is 10.2. The van der Waals surface area contributed by atoms with Gasteiger partial charge in [-0.2, -0.15) is 0 Å². The number of ether oxygens (including phenoxy) is 1. The van der Waals surface area contributed by atoms with Gasteiger partial charge in [-0.15, -0.1) is 24.0 Å². The highest BCUT2D eigenvalue weighted by molar-refractivity contribution is 14.0. The fraction of sp³-hybridized carbons (Fsp3) is 0.588. The van der Waals surface area contributed by atoms with Gasteiger partial charge in [0, 0.05) is 19.8 Å². The summed E-state index contributed by atoms with van der Waals surface area (Å²) >= 11 is 0. The van der Waals surface area contributed by atoms with Crippen LogP contribution in [0.1, 0.15) is 26.7 Å². The molecule has 1 aromatic carbocycles. The maximum atomic E-state index is 11.4. The van der Waals surface area contributed by atoms with Gasteiger partial charge in [0.05, 0.1) is 11.4 Å². The standard InChI is InChI=1S/C17H29N3O3S.HI/c1-5-14(6-2)13-20-17(18-3)19-11-12-23-15-7-9-16(10-8-15)24(4,21)22;/h7-10,14H,5-6,11-13H2,1-4H3,(H2,18,19,20);1H. The Kier molecular flexibility index (Phi) is 11.8. The molecule has 0 atom stereocenters. The van der Waals surface area contributed by atoms with E-state index < -0.39 is 9.84 Å². The highest BCUT2D eigenvalue weighted by Crippen LogP contribution is 2.15. The fourth-order valence-electron chi connectivity index (χ4n) is 2.16. The molecule has 144 valence electrons. The minimum atomic E-state index is -3.17. The highest BCUT2D eigenvalue weighted by Gasteiger charge is 2.07. The summed E-state index contributed by atoms with van der Waals surface area (Å²) in [6, 6.07) is 6.43. The Balaban J connectivity index is 0.00000576. The maximum absolute atomic E-state index is 11.4. The molecule has 0 bridgehead atoms. The number of nitrogens with zero attached hydrogens (tertiary/aromatic N) is 1. The summed E-state index contributed by atoms with van der Waals surface area (Å²) in [4.78, 5) is 4.47. The molecule has 8 heteroatoms. The zero-order valence-corrected chi connectivity index (χ0v) is 18.6. The van der Waals surface area contributed by atoms with Crippen molar-refractivity contribution in [3.8, 4) is 5.75 Å². The molecule has 1 aromatic rings. The van der Waals surface area contributed by atoms with Gasteiger partial charge in [0.15, 0.2) is 15.8 Å².